The van der Waals surface area contributed by atoms with Gasteiger partial charge in [0.05, 0.1) is 19.1 Å². The zero-order valence-corrected chi connectivity index (χ0v) is 23.6. The van der Waals surface area contributed by atoms with E-state index >= 15 is 0 Å². The number of aliphatic hydroxyl groups is 1. The van der Waals surface area contributed by atoms with Crippen molar-refractivity contribution in [3.8, 4) is 5.75 Å². The van der Waals surface area contributed by atoms with Gasteiger partial charge in [0.2, 0.25) is 5.91 Å². The third kappa shape index (κ3) is 8.19. The van der Waals surface area contributed by atoms with Gasteiger partial charge in [-0.15, -0.1) is 0 Å². The Bertz CT molecular complexity index is 1090. The molecule has 1 aliphatic heterocycles. The van der Waals surface area contributed by atoms with Crippen LogP contribution in [0.2, 0.25) is 0 Å². The highest BCUT2D eigenvalue weighted by atomic mass is 16.5. The fourth-order valence-electron chi connectivity index (χ4n) is 5.59. The maximum Gasteiger partial charge on any atom is 0.319 e. The monoisotopic (exact) mass is 536 g/mol. The smallest absolute Gasteiger partial charge is 0.319 e. The van der Waals surface area contributed by atoms with Crippen LogP contribution in [0.15, 0.2) is 48.5 Å². The third-order valence-corrected chi connectivity index (χ3v) is 7.90. The molecule has 0 radical (unpaired) electrons. The van der Waals surface area contributed by atoms with Crippen LogP contribution in [0, 0.1) is 5.92 Å². The zero-order chi connectivity index (χ0) is 27.8. The molecule has 3 amide bonds. The molecule has 8 nitrogen and oxygen atoms in total. The number of likely N-dealkylation sites (N-methyl/N-ethyl adjacent to an activating group) is 1. The molecule has 1 aliphatic carbocycles. The predicted octanol–water partition coefficient (Wildman–Crippen LogP) is 4.42. The van der Waals surface area contributed by atoms with Crippen molar-refractivity contribution in [1.82, 2.24) is 15.1 Å². The lowest BCUT2D eigenvalue weighted by Gasteiger charge is -2.34. The van der Waals surface area contributed by atoms with E-state index in [4.69, 9.17) is 4.74 Å². The van der Waals surface area contributed by atoms with E-state index in [9.17, 15) is 14.7 Å². The topological polar surface area (TPSA) is 94.1 Å². The second kappa shape index (κ2) is 13.8. The van der Waals surface area contributed by atoms with Gasteiger partial charge in [0, 0.05) is 42.8 Å². The number of fused-ring (bicyclic) bond motifs is 1. The number of amides is 3. The minimum atomic E-state index is -0.299. The number of anilines is 1. The molecule has 3 N–H and O–H groups in total. The van der Waals surface area contributed by atoms with Crippen LogP contribution in [-0.4, -0.2) is 71.8 Å². The van der Waals surface area contributed by atoms with Crippen molar-refractivity contribution < 1.29 is 19.4 Å². The molecule has 8 heteroatoms. The molecule has 0 saturated heterocycles. The summed E-state index contributed by atoms with van der Waals surface area (Å²) in [6.45, 7) is 5.82. The van der Waals surface area contributed by atoms with Crippen molar-refractivity contribution in [3.63, 3.8) is 0 Å². The van der Waals surface area contributed by atoms with Crippen molar-refractivity contribution in [3.05, 3.63) is 59.7 Å². The second-order valence-corrected chi connectivity index (χ2v) is 11.3. The molecule has 1 saturated carbocycles. The number of rotatable bonds is 8. The molecule has 0 unspecified atom stereocenters. The molecule has 0 aromatic heterocycles. The van der Waals surface area contributed by atoms with Gasteiger partial charge < -0.3 is 25.4 Å². The van der Waals surface area contributed by atoms with Gasteiger partial charge in [-0.1, -0.05) is 56.5 Å². The van der Waals surface area contributed by atoms with E-state index in [0.717, 1.165) is 37.8 Å². The summed E-state index contributed by atoms with van der Waals surface area (Å²) in [6, 6.07) is 15.6. The number of hydrogen-bond donors (Lipinski definition) is 3. The lowest BCUT2D eigenvalue weighted by Crippen LogP contribution is -2.47. The summed E-state index contributed by atoms with van der Waals surface area (Å²) < 4.78 is 6.62. The summed E-state index contributed by atoms with van der Waals surface area (Å²) in [6.07, 6.45) is 5.50. The quantitative estimate of drug-likeness (QED) is 0.464. The minimum Gasteiger partial charge on any atom is -0.488 e. The summed E-state index contributed by atoms with van der Waals surface area (Å²) in [5, 5.41) is 15.9. The first-order valence-corrected chi connectivity index (χ1v) is 14.3. The third-order valence-electron chi connectivity index (χ3n) is 7.90. The summed E-state index contributed by atoms with van der Waals surface area (Å²) in [4.78, 5) is 30.1. The van der Waals surface area contributed by atoms with Gasteiger partial charge >= 0.3 is 6.03 Å². The van der Waals surface area contributed by atoms with Crippen LogP contribution in [0.25, 0.3) is 0 Å². The van der Waals surface area contributed by atoms with Crippen molar-refractivity contribution in [2.24, 2.45) is 5.92 Å². The van der Waals surface area contributed by atoms with Crippen molar-refractivity contribution >= 4 is 17.6 Å². The molecule has 1 heterocycles. The molecular formula is C31H44N4O4. The number of nitrogens with zero attached hydrogens (tertiary/aromatic N) is 2. The number of ether oxygens (including phenoxy) is 1. The van der Waals surface area contributed by atoms with Crippen LogP contribution in [-0.2, 0) is 17.8 Å². The van der Waals surface area contributed by atoms with E-state index in [1.807, 2.05) is 43.3 Å². The number of hydrogen-bond acceptors (Lipinski definition) is 5. The van der Waals surface area contributed by atoms with E-state index in [1.54, 1.807) is 4.90 Å². The standard InChI is InChI=1S/C31H44N4O4/c1-22-18-35(23(2)21-36)30(37)17-25-16-27(33-31(38)32-26-12-8-5-9-13-26)14-15-28(25)39-29(22)20-34(3)19-24-10-6-4-7-11-24/h4,6-7,10-11,14-16,22-23,26,29,36H,5,8-9,12-13,17-21H2,1-3H3,(H2,32,33,38)/t22-,23-,29+/m1/s1. The van der Waals surface area contributed by atoms with E-state index in [-0.39, 0.29) is 49.1 Å². The highest BCUT2D eigenvalue weighted by Crippen LogP contribution is 2.29. The first kappa shape index (κ1) is 28.9. The van der Waals surface area contributed by atoms with Crippen LogP contribution in [0.5, 0.6) is 5.75 Å². The van der Waals surface area contributed by atoms with Gasteiger partial charge in [-0.3, -0.25) is 9.69 Å². The molecule has 2 aliphatic rings. The normalized spacial score (nSPS) is 21.3. The Balaban J connectivity index is 1.53. The molecule has 0 bridgehead atoms. The minimum absolute atomic E-state index is 0.0335. The number of aliphatic hydroxyl groups excluding tert-OH is 1. The van der Waals surface area contributed by atoms with E-state index in [0.29, 0.717) is 24.5 Å². The van der Waals surface area contributed by atoms with Crippen molar-refractivity contribution in [2.45, 2.75) is 77.1 Å². The van der Waals surface area contributed by atoms with Gasteiger partial charge in [-0.2, -0.15) is 0 Å². The molecule has 39 heavy (non-hydrogen) atoms. The first-order chi connectivity index (χ1) is 18.8. The van der Waals surface area contributed by atoms with Crippen molar-refractivity contribution in [2.75, 3.05) is 32.1 Å². The zero-order valence-electron chi connectivity index (χ0n) is 23.6. The Kier molecular flexibility index (Phi) is 10.2. The SMILES string of the molecule is C[C@@H]1CN([C@H](C)CO)C(=O)Cc2cc(NC(=O)NC3CCCCC3)ccc2O[C@H]1CN(C)Cc1ccccc1. The Morgan fingerprint density at radius 1 is 1.15 bits per heavy atom. The van der Waals surface area contributed by atoms with Crippen LogP contribution < -0.4 is 15.4 Å². The van der Waals surface area contributed by atoms with E-state index in [2.05, 4.69) is 41.6 Å². The Morgan fingerprint density at radius 2 is 1.90 bits per heavy atom. The Morgan fingerprint density at radius 3 is 2.62 bits per heavy atom. The molecule has 2 aromatic rings. The summed E-state index contributed by atoms with van der Waals surface area (Å²) >= 11 is 0. The van der Waals surface area contributed by atoms with Gasteiger partial charge in [-0.25, -0.2) is 4.79 Å². The number of carbonyl (C=O) groups excluding carboxylic acids is 2. The summed E-state index contributed by atoms with van der Waals surface area (Å²) in [5.74, 6) is 0.631. The Labute approximate surface area is 232 Å². The molecule has 1 fully saturated rings. The van der Waals surface area contributed by atoms with Gasteiger partial charge in [0.15, 0.2) is 0 Å². The van der Waals surface area contributed by atoms with E-state index in [1.165, 1.54) is 12.0 Å². The molecule has 2 aromatic carbocycles. The average Bonchev–Trinajstić information content (AvgIpc) is 2.97. The van der Waals surface area contributed by atoms with E-state index < -0.39 is 0 Å². The lowest BCUT2D eigenvalue weighted by atomic mass is 9.96. The summed E-state index contributed by atoms with van der Waals surface area (Å²) in [7, 11) is 2.08. The average molecular weight is 537 g/mol. The lowest BCUT2D eigenvalue weighted by molar-refractivity contribution is -0.134. The van der Waals surface area contributed by atoms with Crippen LogP contribution in [0.1, 0.15) is 57.1 Å². The first-order valence-electron chi connectivity index (χ1n) is 14.3. The maximum atomic E-state index is 13.4. The Hall–Kier alpha value is -3.10. The van der Waals surface area contributed by atoms with Crippen LogP contribution in [0.4, 0.5) is 10.5 Å². The highest BCUT2D eigenvalue weighted by Gasteiger charge is 2.31. The fourth-order valence-corrected chi connectivity index (χ4v) is 5.59. The molecule has 0 spiro atoms. The predicted molar refractivity (Wildman–Crippen MR) is 154 cm³/mol. The number of carbonyl (C=O) groups is 2. The van der Waals surface area contributed by atoms with Gasteiger partial charge in [0.25, 0.3) is 0 Å². The molecule has 4 rings (SSSR count). The van der Waals surface area contributed by atoms with Gasteiger partial charge in [0.1, 0.15) is 11.9 Å². The fraction of sp³-hybridized carbons (Fsp3) is 0.548. The molecule has 212 valence electrons. The number of nitrogens with one attached hydrogen (secondary N) is 2. The van der Waals surface area contributed by atoms with Crippen molar-refractivity contribution in [1.29, 1.82) is 0 Å². The van der Waals surface area contributed by atoms with Crippen LogP contribution in [0.3, 0.4) is 0 Å². The largest absolute Gasteiger partial charge is 0.488 e. The number of urea groups is 1. The molecular weight excluding hydrogens is 492 g/mol. The van der Waals surface area contributed by atoms with Crippen LogP contribution >= 0.6 is 0 Å². The second-order valence-electron chi connectivity index (χ2n) is 11.3. The molecule has 3 atom stereocenters. The number of benzene rings is 2. The summed E-state index contributed by atoms with van der Waals surface area (Å²) in [5.41, 5.74) is 2.59. The maximum absolute atomic E-state index is 13.4. The van der Waals surface area contributed by atoms with Gasteiger partial charge in [-0.05, 0) is 50.6 Å². The highest BCUT2D eigenvalue weighted by molar-refractivity contribution is 5.90.